The summed E-state index contributed by atoms with van der Waals surface area (Å²) in [5.74, 6) is -0.774. The third-order valence-corrected chi connectivity index (χ3v) is 3.65. The van der Waals surface area contributed by atoms with Crippen molar-refractivity contribution in [2.24, 2.45) is 0 Å². The number of aromatic amines is 1. The molecule has 0 unspecified atom stereocenters. The van der Waals surface area contributed by atoms with Crippen LogP contribution < -0.4 is 10.9 Å². The van der Waals surface area contributed by atoms with Crippen molar-refractivity contribution in [1.82, 2.24) is 15.8 Å². The van der Waals surface area contributed by atoms with E-state index in [1.807, 2.05) is 24.3 Å². The summed E-state index contributed by atoms with van der Waals surface area (Å²) in [6, 6.07) is 16.1. The fourth-order valence-corrected chi connectivity index (χ4v) is 2.43. The summed E-state index contributed by atoms with van der Waals surface area (Å²) in [5, 5.41) is 0.919. The van der Waals surface area contributed by atoms with Gasteiger partial charge in [-0.1, -0.05) is 40.2 Å². The van der Waals surface area contributed by atoms with Gasteiger partial charge < -0.3 is 4.98 Å². The number of hydrazine groups is 1. The zero-order chi connectivity index (χ0) is 15.5. The van der Waals surface area contributed by atoms with Gasteiger partial charge in [0.2, 0.25) is 0 Å². The van der Waals surface area contributed by atoms with Crippen molar-refractivity contribution < 1.29 is 9.59 Å². The molecule has 0 fully saturated rings. The number of halogens is 1. The molecule has 6 heteroatoms. The first-order valence-electron chi connectivity index (χ1n) is 6.57. The molecule has 0 bridgehead atoms. The van der Waals surface area contributed by atoms with Crippen molar-refractivity contribution in [3.8, 4) is 0 Å². The van der Waals surface area contributed by atoms with Crippen LogP contribution in [0.4, 0.5) is 0 Å². The summed E-state index contributed by atoms with van der Waals surface area (Å²) in [7, 11) is 0. The van der Waals surface area contributed by atoms with Crippen molar-refractivity contribution in [2.75, 3.05) is 0 Å². The van der Waals surface area contributed by atoms with Gasteiger partial charge in [-0.05, 0) is 30.3 Å². The molecule has 0 radical (unpaired) electrons. The molecule has 0 aliphatic carbocycles. The largest absolute Gasteiger partial charge is 0.350 e. The van der Waals surface area contributed by atoms with E-state index in [1.54, 1.807) is 30.3 Å². The molecule has 3 rings (SSSR count). The number of carbonyl (C=O) groups excluding carboxylic acids is 2. The topological polar surface area (TPSA) is 74.0 Å². The quantitative estimate of drug-likeness (QED) is 0.616. The monoisotopic (exact) mass is 357 g/mol. The van der Waals surface area contributed by atoms with Gasteiger partial charge in [-0.2, -0.15) is 0 Å². The molecular weight excluding hydrogens is 346 g/mol. The molecule has 110 valence electrons. The number of nitrogens with one attached hydrogen (secondary N) is 3. The van der Waals surface area contributed by atoms with Crippen LogP contribution in [0.25, 0.3) is 10.9 Å². The average molecular weight is 358 g/mol. The van der Waals surface area contributed by atoms with Gasteiger partial charge >= 0.3 is 0 Å². The summed E-state index contributed by atoms with van der Waals surface area (Å²) in [6.45, 7) is 0. The van der Waals surface area contributed by atoms with Crippen molar-refractivity contribution in [3.05, 3.63) is 70.3 Å². The summed E-state index contributed by atoms with van der Waals surface area (Å²) < 4.78 is 0.922. The predicted octanol–water partition coefficient (Wildman–Crippen LogP) is 3.01. The average Bonchev–Trinajstić information content (AvgIpc) is 2.96. The highest BCUT2D eigenvalue weighted by Crippen LogP contribution is 2.20. The number of hydrogen-bond donors (Lipinski definition) is 3. The molecule has 0 spiro atoms. The Bertz CT molecular complexity index is 843. The van der Waals surface area contributed by atoms with Gasteiger partial charge in [0.1, 0.15) is 5.69 Å². The SMILES string of the molecule is O=C(NNC(=O)c1cc2ccc(Br)cc2[nH]1)c1ccccc1. The highest BCUT2D eigenvalue weighted by Gasteiger charge is 2.11. The second kappa shape index (κ2) is 6.03. The lowest BCUT2D eigenvalue weighted by Gasteiger charge is -2.06. The minimum Gasteiger partial charge on any atom is -0.350 e. The fourth-order valence-electron chi connectivity index (χ4n) is 2.06. The first kappa shape index (κ1) is 14.3. The Hall–Kier alpha value is -2.60. The molecule has 0 atom stereocenters. The molecule has 5 nitrogen and oxygen atoms in total. The minimum absolute atomic E-state index is 0.368. The molecule has 0 saturated heterocycles. The fraction of sp³-hybridized carbons (Fsp3) is 0. The third kappa shape index (κ3) is 3.01. The van der Waals surface area contributed by atoms with E-state index >= 15 is 0 Å². The van der Waals surface area contributed by atoms with Crippen LogP contribution in [0.5, 0.6) is 0 Å². The van der Waals surface area contributed by atoms with Crippen molar-refractivity contribution in [2.45, 2.75) is 0 Å². The van der Waals surface area contributed by atoms with E-state index in [-0.39, 0.29) is 5.91 Å². The summed E-state index contributed by atoms with van der Waals surface area (Å²) in [5.41, 5.74) is 6.47. The third-order valence-electron chi connectivity index (χ3n) is 3.15. The summed E-state index contributed by atoms with van der Waals surface area (Å²) in [4.78, 5) is 26.9. The summed E-state index contributed by atoms with van der Waals surface area (Å²) >= 11 is 3.38. The van der Waals surface area contributed by atoms with Gasteiger partial charge in [-0.3, -0.25) is 20.4 Å². The Kier molecular flexibility index (Phi) is 3.93. The second-order valence-corrected chi connectivity index (χ2v) is 5.60. The van der Waals surface area contributed by atoms with Gasteiger partial charge in [-0.25, -0.2) is 0 Å². The lowest BCUT2D eigenvalue weighted by molar-refractivity contribution is 0.0844. The molecular formula is C16H12BrN3O2. The Balaban J connectivity index is 1.69. The number of hydrogen-bond acceptors (Lipinski definition) is 2. The van der Waals surface area contributed by atoms with Crippen LogP contribution in [-0.2, 0) is 0 Å². The van der Waals surface area contributed by atoms with Crippen LogP contribution in [0, 0.1) is 0 Å². The zero-order valence-corrected chi connectivity index (χ0v) is 13.0. The van der Waals surface area contributed by atoms with Crippen LogP contribution in [0.1, 0.15) is 20.8 Å². The molecule has 3 aromatic rings. The van der Waals surface area contributed by atoms with E-state index < -0.39 is 5.91 Å². The first-order chi connectivity index (χ1) is 10.6. The van der Waals surface area contributed by atoms with Crippen molar-refractivity contribution >= 4 is 38.6 Å². The molecule has 22 heavy (non-hydrogen) atoms. The van der Waals surface area contributed by atoms with E-state index in [1.165, 1.54) is 0 Å². The van der Waals surface area contributed by atoms with Crippen molar-refractivity contribution in [3.63, 3.8) is 0 Å². The number of carbonyl (C=O) groups is 2. The number of rotatable bonds is 2. The lowest BCUT2D eigenvalue weighted by Crippen LogP contribution is -2.41. The van der Waals surface area contributed by atoms with E-state index in [0.717, 1.165) is 15.4 Å². The van der Waals surface area contributed by atoms with E-state index in [9.17, 15) is 9.59 Å². The number of amides is 2. The van der Waals surface area contributed by atoms with Crippen LogP contribution in [0.15, 0.2) is 59.1 Å². The number of fused-ring (bicyclic) bond motifs is 1. The standard InChI is InChI=1S/C16H12BrN3O2/c17-12-7-6-11-8-14(18-13(11)9-12)16(22)20-19-15(21)10-4-2-1-3-5-10/h1-9,18H,(H,19,21)(H,20,22). The van der Waals surface area contributed by atoms with Gasteiger partial charge in [0.25, 0.3) is 11.8 Å². The van der Waals surface area contributed by atoms with Gasteiger partial charge in [0.15, 0.2) is 0 Å². The number of H-pyrrole nitrogens is 1. The highest BCUT2D eigenvalue weighted by atomic mass is 79.9. The summed E-state index contributed by atoms with van der Waals surface area (Å²) in [6.07, 6.45) is 0. The Morgan fingerprint density at radius 3 is 2.41 bits per heavy atom. The molecule has 0 aliphatic rings. The minimum atomic E-state index is -0.406. The molecule has 0 aliphatic heterocycles. The first-order valence-corrected chi connectivity index (χ1v) is 7.37. The van der Waals surface area contributed by atoms with Gasteiger partial charge in [0.05, 0.1) is 0 Å². The van der Waals surface area contributed by atoms with Crippen LogP contribution in [0.2, 0.25) is 0 Å². The Morgan fingerprint density at radius 1 is 0.909 bits per heavy atom. The maximum absolute atomic E-state index is 12.1. The second-order valence-electron chi connectivity index (χ2n) is 4.69. The molecule has 3 N–H and O–H groups in total. The Labute approximate surface area is 134 Å². The Morgan fingerprint density at radius 2 is 1.64 bits per heavy atom. The number of benzene rings is 2. The van der Waals surface area contributed by atoms with Crippen molar-refractivity contribution in [1.29, 1.82) is 0 Å². The van der Waals surface area contributed by atoms with E-state index in [4.69, 9.17) is 0 Å². The zero-order valence-electron chi connectivity index (χ0n) is 11.4. The van der Waals surface area contributed by atoms with Crippen LogP contribution in [0.3, 0.4) is 0 Å². The normalized spacial score (nSPS) is 10.4. The predicted molar refractivity (Wildman–Crippen MR) is 87.4 cm³/mol. The lowest BCUT2D eigenvalue weighted by atomic mass is 10.2. The van der Waals surface area contributed by atoms with Crippen LogP contribution in [-0.4, -0.2) is 16.8 Å². The van der Waals surface area contributed by atoms with E-state index in [2.05, 4.69) is 31.8 Å². The molecule has 2 amide bonds. The van der Waals surface area contributed by atoms with E-state index in [0.29, 0.717) is 11.3 Å². The number of aromatic nitrogens is 1. The maximum Gasteiger partial charge on any atom is 0.286 e. The molecule has 1 aromatic heterocycles. The molecule has 2 aromatic carbocycles. The highest BCUT2D eigenvalue weighted by molar-refractivity contribution is 9.10. The maximum atomic E-state index is 12.1. The van der Waals surface area contributed by atoms with Gasteiger partial charge in [-0.15, -0.1) is 0 Å². The van der Waals surface area contributed by atoms with Crippen LogP contribution >= 0.6 is 15.9 Å². The van der Waals surface area contributed by atoms with Gasteiger partial charge in [0, 0.05) is 20.9 Å². The molecule has 0 saturated carbocycles. The smallest absolute Gasteiger partial charge is 0.286 e. The molecule has 1 heterocycles.